The van der Waals surface area contributed by atoms with Gasteiger partial charge in [0.2, 0.25) is 0 Å². The summed E-state index contributed by atoms with van der Waals surface area (Å²) in [6.45, 7) is 0. The monoisotopic (exact) mass is 320 g/mol. The van der Waals surface area contributed by atoms with Crippen molar-refractivity contribution in [2.24, 2.45) is 0 Å². The lowest BCUT2D eigenvalue weighted by atomic mass is 9.90. The lowest BCUT2D eigenvalue weighted by molar-refractivity contribution is -0.137. The minimum Gasteiger partial charge on any atom is -0.354 e. The van der Waals surface area contributed by atoms with Gasteiger partial charge in [-0.05, 0) is 55.0 Å². The second kappa shape index (κ2) is 6.02. The number of benzene rings is 1. The molecule has 6 heteroatoms. The van der Waals surface area contributed by atoms with E-state index < -0.39 is 11.7 Å². The van der Waals surface area contributed by atoms with Crippen molar-refractivity contribution in [3.05, 3.63) is 52.8 Å². The quantitative estimate of drug-likeness (QED) is 0.845. The first-order valence-electron chi connectivity index (χ1n) is 7.39. The zero-order chi connectivity index (χ0) is 16.4. The van der Waals surface area contributed by atoms with E-state index in [1.54, 1.807) is 6.07 Å². The Morgan fingerprint density at radius 3 is 2.57 bits per heavy atom. The Balaban J connectivity index is 1.96. The maximum absolute atomic E-state index is 12.8. The molecule has 1 aromatic carbocycles. The highest BCUT2D eigenvalue weighted by molar-refractivity contribution is 5.78. The van der Waals surface area contributed by atoms with Crippen molar-refractivity contribution in [2.45, 2.75) is 31.9 Å². The van der Waals surface area contributed by atoms with E-state index in [0.717, 1.165) is 55.2 Å². The second-order valence-corrected chi connectivity index (χ2v) is 5.54. The summed E-state index contributed by atoms with van der Waals surface area (Å²) >= 11 is 0. The summed E-state index contributed by atoms with van der Waals surface area (Å²) in [7, 11) is 0. The van der Waals surface area contributed by atoms with Gasteiger partial charge in [-0.25, -0.2) is 0 Å². The maximum Gasteiger partial charge on any atom is 0.416 e. The van der Waals surface area contributed by atoms with Gasteiger partial charge in [-0.2, -0.15) is 13.2 Å². The minimum atomic E-state index is -4.38. The molecule has 0 aliphatic heterocycles. The number of pyridine rings is 1. The molecule has 120 valence electrons. The van der Waals surface area contributed by atoms with Crippen LogP contribution in [0.3, 0.4) is 0 Å². The molecule has 23 heavy (non-hydrogen) atoms. The van der Waals surface area contributed by atoms with Gasteiger partial charge in [-0.3, -0.25) is 9.78 Å². The third-order valence-electron chi connectivity index (χ3n) is 4.02. The third kappa shape index (κ3) is 3.21. The molecule has 2 aromatic rings. The van der Waals surface area contributed by atoms with Gasteiger partial charge in [0.25, 0.3) is 0 Å². The Morgan fingerprint density at radius 1 is 1.13 bits per heavy atom. The van der Waals surface area contributed by atoms with E-state index >= 15 is 0 Å². The van der Waals surface area contributed by atoms with Gasteiger partial charge in [-0.15, -0.1) is 0 Å². The van der Waals surface area contributed by atoms with Crippen molar-refractivity contribution < 1.29 is 18.0 Å². The summed E-state index contributed by atoms with van der Waals surface area (Å²) in [4.78, 5) is 15.2. The lowest BCUT2D eigenvalue weighted by Gasteiger charge is -2.21. The van der Waals surface area contributed by atoms with Gasteiger partial charge >= 0.3 is 6.18 Å². The number of nitrogens with one attached hydrogen (secondary N) is 1. The van der Waals surface area contributed by atoms with Gasteiger partial charge in [-0.1, -0.05) is 6.07 Å². The molecule has 1 aliphatic carbocycles. The summed E-state index contributed by atoms with van der Waals surface area (Å²) in [5, 5.41) is 3.02. The molecule has 0 saturated heterocycles. The molecule has 0 fully saturated rings. The predicted octanol–water partition coefficient (Wildman–Crippen LogP) is 4.54. The van der Waals surface area contributed by atoms with Crippen LogP contribution in [-0.4, -0.2) is 11.3 Å². The summed E-state index contributed by atoms with van der Waals surface area (Å²) in [6.07, 6.45) is 1.42. The van der Waals surface area contributed by atoms with Crippen LogP contribution >= 0.6 is 0 Å². The number of carbonyl (C=O) groups is 1. The zero-order valence-corrected chi connectivity index (χ0v) is 12.3. The van der Waals surface area contributed by atoms with Crippen molar-refractivity contribution in [2.75, 3.05) is 5.32 Å². The smallest absolute Gasteiger partial charge is 0.354 e. The SMILES string of the molecule is O=Cc1ncc(Nc2cccc(C(F)(F)F)c2)c2c1CCCC2. The van der Waals surface area contributed by atoms with Gasteiger partial charge < -0.3 is 5.32 Å². The Hall–Kier alpha value is -2.37. The number of alkyl halides is 3. The van der Waals surface area contributed by atoms with Crippen molar-refractivity contribution in [3.8, 4) is 0 Å². The van der Waals surface area contributed by atoms with Crippen LogP contribution in [0.2, 0.25) is 0 Å². The highest BCUT2D eigenvalue weighted by Crippen LogP contribution is 2.34. The molecular weight excluding hydrogens is 305 g/mol. The fraction of sp³-hybridized carbons (Fsp3) is 0.294. The van der Waals surface area contributed by atoms with Crippen molar-refractivity contribution >= 4 is 17.7 Å². The summed E-state index contributed by atoms with van der Waals surface area (Å²) in [6, 6.07) is 5.06. The van der Waals surface area contributed by atoms with Crippen LogP contribution in [-0.2, 0) is 19.0 Å². The molecular formula is C17H15F3N2O. The van der Waals surface area contributed by atoms with Crippen LogP contribution in [0, 0.1) is 0 Å². The highest BCUT2D eigenvalue weighted by Gasteiger charge is 2.30. The molecule has 1 heterocycles. The normalized spacial score (nSPS) is 14.2. The first-order valence-corrected chi connectivity index (χ1v) is 7.39. The van der Waals surface area contributed by atoms with Crippen LogP contribution < -0.4 is 5.32 Å². The number of hydrogen-bond donors (Lipinski definition) is 1. The van der Waals surface area contributed by atoms with E-state index in [1.807, 2.05) is 0 Å². The second-order valence-electron chi connectivity index (χ2n) is 5.54. The number of rotatable bonds is 3. The Labute approximate surface area is 131 Å². The van der Waals surface area contributed by atoms with E-state index in [4.69, 9.17) is 0 Å². The van der Waals surface area contributed by atoms with E-state index in [1.165, 1.54) is 12.3 Å². The van der Waals surface area contributed by atoms with Crippen LogP contribution in [0.25, 0.3) is 0 Å². The molecule has 0 spiro atoms. The molecule has 0 bridgehead atoms. The van der Waals surface area contributed by atoms with Crippen LogP contribution in [0.4, 0.5) is 24.5 Å². The molecule has 0 saturated carbocycles. The first kappa shape index (κ1) is 15.5. The number of anilines is 2. The lowest BCUT2D eigenvalue weighted by Crippen LogP contribution is -2.11. The van der Waals surface area contributed by atoms with E-state index in [0.29, 0.717) is 17.1 Å². The standard InChI is InChI=1S/C17H15F3N2O/c18-17(19,20)11-4-3-5-12(8-11)22-15-9-21-16(10-23)14-7-2-1-6-13(14)15/h3-5,8-10,22H,1-2,6-7H2. The van der Waals surface area contributed by atoms with Crippen LogP contribution in [0.1, 0.15) is 40.0 Å². The maximum atomic E-state index is 12.8. The Morgan fingerprint density at radius 2 is 1.87 bits per heavy atom. The van der Waals surface area contributed by atoms with E-state index in [2.05, 4.69) is 10.3 Å². The minimum absolute atomic E-state index is 0.355. The van der Waals surface area contributed by atoms with E-state index in [9.17, 15) is 18.0 Å². The van der Waals surface area contributed by atoms with Gasteiger partial charge in [0.1, 0.15) is 5.69 Å². The third-order valence-corrected chi connectivity index (χ3v) is 4.02. The molecule has 0 atom stereocenters. The number of nitrogens with zero attached hydrogens (tertiary/aromatic N) is 1. The molecule has 3 nitrogen and oxygen atoms in total. The number of fused-ring (bicyclic) bond motifs is 1. The fourth-order valence-electron chi connectivity index (χ4n) is 2.91. The molecule has 3 rings (SSSR count). The number of carbonyl (C=O) groups excluding carboxylic acids is 1. The van der Waals surface area contributed by atoms with Gasteiger partial charge in [0.05, 0.1) is 17.4 Å². The summed E-state index contributed by atoms with van der Waals surface area (Å²) in [5.74, 6) is 0. The number of aromatic nitrogens is 1. The molecule has 1 N–H and O–H groups in total. The zero-order valence-electron chi connectivity index (χ0n) is 12.3. The van der Waals surface area contributed by atoms with Crippen molar-refractivity contribution in [1.82, 2.24) is 4.98 Å². The molecule has 0 radical (unpaired) electrons. The van der Waals surface area contributed by atoms with Crippen molar-refractivity contribution in [1.29, 1.82) is 0 Å². The molecule has 1 aliphatic rings. The summed E-state index contributed by atoms with van der Waals surface area (Å²) in [5.41, 5.74) is 2.63. The first-order chi connectivity index (χ1) is 11.0. The fourth-order valence-corrected chi connectivity index (χ4v) is 2.91. The molecule has 0 amide bonds. The Kier molecular flexibility index (Phi) is 4.07. The molecule has 0 unspecified atom stereocenters. The van der Waals surface area contributed by atoms with Crippen molar-refractivity contribution in [3.63, 3.8) is 0 Å². The highest BCUT2D eigenvalue weighted by atomic mass is 19.4. The van der Waals surface area contributed by atoms with Crippen LogP contribution in [0.15, 0.2) is 30.5 Å². The molecule has 1 aromatic heterocycles. The Bertz CT molecular complexity index is 741. The number of aldehydes is 1. The van der Waals surface area contributed by atoms with Gasteiger partial charge in [0, 0.05) is 5.69 Å². The van der Waals surface area contributed by atoms with E-state index in [-0.39, 0.29) is 0 Å². The average molecular weight is 320 g/mol. The predicted molar refractivity (Wildman–Crippen MR) is 81.0 cm³/mol. The average Bonchev–Trinajstić information content (AvgIpc) is 2.55. The number of hydrogen-bond acceptors (Lipinski definition) is 3. The van der Waals surface area contributed by atoms with Crippen LogP contribution in [0.5, 0.6) is 0 Å². The summed E-state index contributed by atoms with van der Waals surface area (Å²) < 4.78 is 38.4. The largest absolute Gasteiger partial charge is 0.416 e. The van der Waals surface area contributed by atoms with Gasteiger partial charge in [0.15, 0.2) is 6.29 Å². The topological polar surface area (TPSA) is 42.0 Å². The number of halogens is 3.